The van der Waals surface area contributed by atoms with Crippen LogP contribution < -0.4 is 11.1 Å². The second-order valence-electron chi connectivity index (χ2n) is 4.73. The summed E-state index contributed by atoms with van der Waals surface area (Å²) in [5.74, 6) is 1.82. The van der Waals surface area contributed by atoms with Crippen molar-refractivity contribution in [2.45, 2.75) is 33.4 Å². The average molecular weight is 267 g/mol. The van der Waals surface area contributed by atoms with Gasteiger partial charge < -0.3 is 20.7 Å². The second kappa shape index (κ2) is 7.91. The van der Waals surface area contributed by atoms with Crippen LogP contribution in [0.2, 0.25) is 0 Å². The first-order valence-corrected chi connectivity index (χ1v) is 6.68. The quantitative estimate of drug-likeness (QED) is 0.740. The van der Waals surface area contributed by atoms with Crippen molar-refractivity contribution in [3.05, 3.63) is 11.9 Å². The Morgan fingerprint density at radius 2 is 2.16 bits per heavy atom. The molecule has 0 amide bonds. The molecule has 0 aliphatic heterocycles. The van der Waals surface area contributed by atoms with Crippen molar-refractivity contribution in [3.63, 3.8) is 0 Å². The van der Waals surface area contributed by atoms with Gasteiger partial charge in [-0.25, -0.2) is 9.97 Å². The van der Waals surface area contributed by atoms with Crippen LogP contribution in [0.4, 0.5) is 11.6 Å². The standard InChI is InChI=1S/C13H25N5O/c1-5-19-9-13-16-11(14)8-12(17-13)15-6-7-18(4)10(2)3/h8,10H,5-7,9H2,1-4H3,(H3,14,15,16,17). The third-order valence-electron chi connectivity index (χ3n) is 2.88. The van der Waals surface area contributed by atoms with E-state index in [1.54, 1.807) is 6.07 Å². The van der Waals surface area contributed by atoms with Gasteiger partial charge in [-0.3, -0.25) is 0 Å². The lowest BCUT2D eigenvalue weighted by molar-refractivity contribution is 0.128. The van der Waals surface area contributed by atoms with Crippen LogP contribution in [0.15, 0.2) is 6.07 Å². The van der Waals surface area contributed by atoms with Gasteiger partial charge in [-0.1, -0.05) is 0 Å². The molecule has 108 valence electrons. The van der Waals surface area contributed by atoms with Crippen LogP contribution in [0.5, 0.6) is 0 Å². The molecule has 0 aliphatic rings. The maximum Gasteiger partial charge on any atom is 0.158 e. The highest BCUT2D eigenvalue weighted by Gasteiger charge is 2.05. The summed E-state index contributed by atoms with van der Waals surface area (Å²) < 4.78 is 5.29. The summed E-state index contributed by atoms with van der Waals surface area (Å²) in [6, 6.07) is 2.27. The molecule has 1 rings (SSSR count). The molecule has 0 spiro atoms. The van der Waals surface area contributed by atoms with Crippen molar-refractivity contribution < 1.29 is 4.74 Å². The van der Waals surface area contributed by atoms with E-state index in [0.717, 1.165) is 18.9 Å². The summed E-state index contributed by atoms with van der Waals surface area (Å²) in [4.78, 5) is 10.8. The van der Waals surface area contributed by atoms with Gasteiger partial charge >= 0.3 is 0 Å². The number of hydrogen-bond donors (Lipinski definition) is 2. The maximum atomic E-state index is 5.75. The van der Waals surface area contributed by atoms with Gasteiger partial charge in [0.2, 0.25) is 0 Å². The monoisotopic (exact) mass is 267 g/mol. The Bertz CT molecular complexity index is 383. The Labute approximate surface area is 115 Å². The topological polar surface area (TPSA) is 76.3 Å². The Morgan fingerprint density at radius 1 is 1.42 bits per heavy atom. The number of nitrogen functional groups attached to an aromatic ring is 1. The lowest BCUT2D eigenvalue weighted by Crippen LogP contribution is -2.31. The lowest BCUT2D eigenvalue weighted by atomic mass is 10.3. The minimum absolute atomic E-state index is 0.391. The molecule has 3 N–H and O–H groups in total. The van der Waals surface area contributed by atoms with Crippen LogP contribution in [0.1, 0.15) is 26.6 Å². The second-order valence-corrected chi connectivity index (χ2v) is 4.73. The minimum atomic E-state index is 0.391. The van der Waals surface area contributed by atoms with E-state index < -0.39 is 0 Å². The highest BCUT2D eigenvalue weighted by atomic mass is 16.5. The highest BCUT2D eigenvalue weighted by molar-refractivity contribution is 5.44. The first-order chi connectivity index (χ1) is 9.02. The van der Waals surface area contributed by atoms with Crippen LogP contribution in [0, 0.1) is 0 Å². The summed E-state index contributed by atoms with van der Waals surface area (Å²) in [6.07, 6.45) is 0. The molecule has 6 nitrogen and oxygen atoms in total. The minimum Gasteiger partial charge on any atom is -0.384 e. The van der Waals surface area contributed by atoms with Gasteiger partial charge in [0.25, 0.3) is 0 Å². The van der Waals surface area contributed by atoms with Crippen molar-refractivity contribution in [2.24, 2.45) is 0 Å². The number of aromatic nitrogens is 2. The number of nitrogens with one attached hydrogen (secondary N) is 1. The molecule has 0 atom stereocenters. The van der Waals surface area contributed by atoms with Crippen molar-refractivity contribution in [3.8, 4) is 0 Å². The van der Waals surface area contributed by atoms with Crippen LogP contribution in [-0.2, 0) is 11.3 Å². The molecule has 1 aromatic heterocycles. The fourth-order valence-corrected chi connectivity index (χ4v) is 1.48. The average Bonchev–Trinajstić information content (AvgIpc) is 2.35. The van der Waals surface area contributed by atoms with E-state index in [0.29, 0.717) is 30.9 Å². The van der Waals surface area contributed by atoms with Gasteiger partial charge in [0.05, 0.1) is 0 Å². The number of likely N-dealkylation sites (N-methyl/N-ethyl adjacent to an activating group) is 1. The predicted molar refractivity (Wildman–Crippen MR) is 78.0 cm³/mol. The Morgan fingerprint density at radius 3 is 2.79 bits per heavy atom. The van der Waals surface area contributed by atoms with Gasteiger partial charge in [0, 0.05) is 31.8 Å². The van der Waals surface area contributed by atoms with E-state index >= 15 is 0 Å². The maximum absolute atomic E-state index is 5.75. The number of hydrogen-bond acceptors (Lipinski definition) is 6. The van der Waals surface area contributed by atoms with Gasteiger partial charge in [-0.2, -0.15) is 0 Å². The van der Waals surface area contributed by atoms with E-state index in [9.17, 15) is 0 Å². The summed E-state index contributed by atoms with van der Waals surface area (Å²) in [5, 5.41) is 3.26. The zero-order valence-electron chi connectivity index (χ0n) is 12.3. The highest BCUT2D eigenvalue weighted by Crippen LogP contribution is 2.09. The Balaban J connectivity index is 2.51. The number of ether oxygens (including phenoxy) is 1. The molecular formula is C13H25N5O. The van der Waals surface area contributed by atoms with Crippen molar-refractivity contribution in [2.75, 3.05) is 37.8 Å². The zero-order valence-corrected chi connectivity index (χ0v) is 12.3. The molecule has 1 aromatic rings. The van der Waals surface area contributed by atoms with Crippen molar-refractivity contribution in [1.82, 2.24) is 14.9 Å². The number of nitrogens with two attached hydrogens (primary N) is 1. The molecular weight excluding hydrogens is 242 g/mol. The number of rotatable bonds is 8. The van der Waals surface area contributed by atoms with Crippen molar-refractivity contribution in [1.29, 1.82) is 0 Å². The molecule has 0 radical (unpaired) electrons. The van der Waals surface area contributed by atoms with E-state index in [1.165, 1.54) is 0 Å². The lowest BCUT2D eigenvalue weighted by Gasteiger charge is -2.21. The summed E-state index contributed by atoms with van der Waals surface area (Å²) in [7, 11) is 2.10. The fourth-order valence-electron chi connectivity index (χ4n) is 1.48. The normalized spacial score (nSPS) is 11.3. The summed E-state index contributed by atoms with van der Waals surface area (Å²) in [5.41, 5.74) is 5.75. The first-order valence-electron chi connectivity index (χ1n) is 6.68. The van der Waals surface area contributed by atoms with E-state index in [4.69, 9.17) is 10.5 Å². The molecule has 6 heteroatoms. The predicted octanol–water partition coefficient (Wildman–Crippen LogP) is 1.35. The molecule has 19 heavy (non-hydrogen) atoms. The number of anilines is 2. The van der Waals surface area contributed by atoms with Gasteiger partial charge in [-0.05, 0) is 27.8 Å². The molecule has 0 fully saturated rings. The van der Waals surface area contributed by atoms with Crippen LogP contribution in [0.25, 0.3) is 0 Å². The molecule has 0 saturated heterocycles. The largest absolute Gasteiger partial charge is 0.384 e. The van der Waals surface area contributed by atoms with E-state index in [2.05, 4.69) is 41.1 Å². The van der Waals surface area contributed by atoms with Gasteiger partial charge in [0.1, 0.15) is 18.2 Å². The van der Waals surface area contributed by atoms with Gasteiger partial charge in [0.15, 0.2) is 5.82 Å². The van der Waals surface area contributed by atoms with Gasteiger partial charge in [-0.15, -0.1) is 0 Å². The molecule has 1 heterocycles. The molecule has 0 aromatic carbocycles. The zero-order chi connectivity index (χ0) is 14.3. The summed E-state index contributed by atoms with van der Waals surface area (Å²) in [6.45, 7) is 9.07. The SMILES string of the molecule is CCOCc1nc(N)cc(NCCN(C)C(C)C)n1. The smallest absolute Gasteiger partial charge is 0.158 e. The third kappa shape index (κ3) is 5.85. The Kier molecular flexibility index (Phi) is 6.52. The first kappa shape index (κ1) is 15.7. The van der Waals surface area contributed by atoms with E-state index in [-0.39, 0.29) is 0 Å². The van der Waals surface area contributed by atoms with Crippen molar-refractivity contribution >= 4 is 11.6 Å². The van der Waals surface area contributed by atoms with Crippen LogP contribution in [0.3, 0.4) is 0 Å². The van der Waals surface area contributed by atoms with E-state index in [1.807, 2.05) is 6.92 Å². The molecule has 0 aliphatic carbocycles. The third-order valence-corrected chi connectivity index (χ3v) is 2.88. The Hall–Kier alpha value is -1.40. The van der Waals surface area contributed by atoms with Crippen LogP contribution in [-0.4, -0.2) is 47.7 Å². The molecule has 0 saturated carbocycles. The number of nitrogens with zero attached hydrogens (tertiary/aromatic N) is 3. The molecule has 0 bridgehead atoms. The van der Waals surface area contributed by atoms with Crippen LogP contribution >= 0.6 is 0 Å². The summed E-state index contributed by atoms with van der Waals surface area (Å²) >= 11 is 0. The fraction of sp³-hybridized carbons (Fsp3) is 0.692. The molecule has 0 unspecified atom stereocenters.